The first-order valence-corrected chi connectivity index (χ1v) is 10.2. The summed E-state index contributed by atoms with van der Waals surface area (Å²) in [7, 11) is 2.02. The van der Waals surface area contributed by atoms with Crippen LogP contribution < -0.4 is 10.6 Å². The second-order valence-corrected chi connectivity index (χ2v) is 8.23. The van der Waals surface area contributed by atoms with Crippen LogP contribution in [0.4, 0.5) is 11.4 Å². The SMILES string of the molecule is CCc1cc2c(c(-c3ccc4c(c3)c(C3CC3)nn4C)c1)N[C@H](C)CC(=O)N2. The first kappa shape index (κ1) is 17.3. The van der Waals surface area contributed by atoms with Crippen LogP contribution in [0, 0.1) is 0 Å². The lowest BCUT2D eigenvalue weighted by Crippen LogP contribution is -2.19. The molecule has 2 N–H and O–H groups in total. The Labute approximate surface area is 165 Å². The van der Waals surface area contributed by atoms with Gasteiger partial charge in [0.15, 0.2) is 0 Å². The molecule has 1 saturated carbocycles. The molecule has 0 unspecified atom stereocenters. The van der Waals surface area contributed by atoms with Gasteiger partial charge in [-0.05, 0) is 61.6 Å². The van der Waals surface area contributed by atoms with E-state index in [0.29, 0.717) is 12.3 Å². The van der Waals surface area contributed by atoms with Gasteiger partial charge < -0.3 is 10.6 Å². The Bertz CT molecular complexity index is 1090. The minimum absolute atomic E-state index is 0.0664. The summed E-state index contributed by atoms with van der Waals surface area (Å²) in [6.45, 7) is 4.21. The maximum absolute atomic E-state index is 12.2. The van der Waals surface area contributed by atoms with E-state index in [4.69, 9.17) is 5.10 Å². The number of carbonyl (C=O) groups is 1. The lowest BCUT2D eigenvalue weighted by atomic mass is 9.96. The average Bonchev–Trinajstić information content (AvgIpc) is 3.47. The Kier molecular flexibility index (Phi) is 3.93. The van der Waals surface area contributed by atoms with E-state index in [1.165, 1.54) is 40.6 Å². The van der Waals surface area contributed by atoms with Crippen molar-refractivity contribution in [2.75, 3.05) is 10.6 Å². The fourth-order valence-electron chi connectivity index (χ4n) is 4.28. The minimum Gasteiger partial charge on any atom is -0.380 e. The van der Waals surface area contributed by atoms with Crippen molar-refractivity contribution in [3.05, 3.63) is 41.6 Å². The van der Waals surface area contributed by atoms with Gasteiger partial charge in [0, 0.05) is 36.4 Å². The van der Waals surface area contributed by atoms with Gasteiger partial charge >= 0.3 is 0 Å². The van der Waals surface area contributed by atoms with Gasteiger partial charge in [0.2, 0.25) is 5.91 Å². The highest BCUT2D eigenvalue weighted by Gasteiger charge is 2.29. The molecule has 2 heterocycles. The first-order valence-electron chi connectivity index (χ1n) is 10.2. The summed E-state index contributed by atoms with van der Waals surface area (Å²) in [6.07, 6.45) is 3.88. The van der Waals surface area contributed by atoms with Gasteiger partial charge in [-0.2, -0.15) is 5.10 Å². The number of nitrogens with one attached hydrogen (secondary N) is 2. The van der Waals surface area contributed by atoms with Crippen molar-refractivity contribution in [1.82, 2.24) is 9.78 Å². The van der Waals surface area contributed by atoms with Crippen molar-refractivity contribution in [3.63, 3.8) is 0 Å². The second kappa shape index (κ2) is 6.36. The number of rotatable bonds is 3. The highest BCUT2D eigenvalue weighted by atomic mass is 16.1. The van der Waals surface area contributed by atoms with Gasteiger partial charge in [0.05, 0.1) is 22.6 Å². The van der Waals surface area contributed by atoms with Gasteiger partial charge in [-0.15, -0.1) is 0 Å². The van der Waals surface area contributed by atoms with E-state index in [1.54, 1.807) is 0 Å². The van der Waals surface area contributed by atoms with Crippen LogP contribution in [-0.2, 0) is 18.3 Å². The molecule has 1 amide bonds. The maximum atomic E-state index is 12.2. The normalized spacial score (nSPS) is 19.1. The molecule has 5 rings (SSSR count). The third kappa shape index (κ3) is 2.86. The van der Waals surface area contributed by atoms with Gasteiger partial charge in [-0.25, -0.2) is 0 Å². The predicted molar refractivity (Wildman–Crippen MR) is 114 cm³/mol. The van der Waals surface area contributed by atoms with Crippen LogP contribution in [-0.4, -0.2) is 21.7 Å². The minimum atomic E-state index is 0.0664. The van der Waals surface area contributed by atoms with Gasteiger partial charge in [0.25, 0.3) is 0 Å². The zero-order valence-electron chi connectivity index (χ0n) is 16.7. The van der Waals surface area contributed by atoms with E-state index in [1.807, 2.05) is 11.7 Å². The molecule has 5 nitrogen and oxygen atoms in total. The molecule has 2 aromatic carbocycles. The molecule has 144 valence electrons. The van der Waals surface area contributed by atoms with Crippen LogP contribution >= 0.6 is 0 Å². The van der Waals surface area contributed by atoms with Gasteiger partial charge in [-0.1, -0.05) is 13.0 Å². The number of nitrogens with zero attached hydrogens (tertiary/aromatic N) is 2. The Morgan fingerprint density at radius 2 is 2.04 bits per heavy atom. The molecule has 5 heteroatoms. The maximum Gasteiger partial charge on any atom is 0.226 e. The molecule has 0 spiro atoms. The molecular formula is C23H26N4O. The van der Waals surface area contributed by atoms with E-state index < -0.39 is 0 Å². The van der Waals surface area contributed by atoms with Crippen molar-refractivity contribution in [2.24, 2.45) is 7.05 Å². The molecule has 28 heavy (non-hydrogen) atoms. The fourth-order valence-corrected chi connectivity index (χ4v) is 4.28. The summed E-state index contributed by atoms with van der Waals surface area (Å²) in [6, 6.07) is 11.1. The van der Waals surface area contributed by atoms with Crippen molar-refractivity contribution in [3.8, 4) is 11.1 Å². The summed E-state index contributed by atoms with van der Waals surface area (Å²) in [5.41, 5.74) is 7.86. The summed E-state index contributed by atoms with van der Waals surface area (Å²) in [5.74, 6) is 0.673. The van der Waals surface area contributed by atoms with Gasteiger partial charge in [0.1, 0.15) is 0 Å². The quantitative estimate of drug-likeness (QED) is 0.691. The van der Waals surface area contributed by atoms with Crippen molar-refractivity contribution >= 4 is 28.2 Å². The zero-order chi connectivity index (χ0) is 19.4. The smallest absolute Gasteiger partial charge is 0.226 e. The van der Waals surface area contributed by atoms with Crippen LogP contribution in [0.3, 0.4) is 0 Å². The van der Waals surface area contributed by atoms with Crippen molar-refractivity contribution < 1.29 is 4.79 Å². The molecule has 1 aliphatic carbocycles. The number of benzene rings is 2. The summed E-state index contributed by atoms with van der Waals surface area (Å²) >= 11 is 0. The number of anilines is 2. The molecular weight excluding hydrogens is 348 g/mol. The standard InChI is InChI=1S/C23H26N4O/c1-4-14-10-17(23-19(11-14)25-21(28)9-13(2)24-23)16-7-8-20-18(12-16)22(15-5-6-15)26-27(20)3/h7-8,10-13,15,24H,4-6,9H2,1-3H3,(H,25,28)/t13-/m1/s1. The lowest BCUT2D eigenvalue weighted by molar-refractivity contribution is -0.116. The lowest BCUT2D eigenvalue weighted by Gasteiger charge is -2.18. The third-order valence-electron chi connectivity index (χ3n) is 5.92. The average molecular weight is 374 g/mol. The van der Waals surface area contributed by atoms with E-state index >= 15 is 0 Å². The summed E-state index contributed by atoms with van der Waals surface area (Å²) in [4.78, 5) is 12.2. The number of aromatic nitrogens is 2. The van der Waals surface area contributed by atoms with Crippen LogP contribution in [0.2, 0.25) is 0 Å². The Morgan fingerprint density at radius 3 is 2.79 bits per heavy atom. The van der Waals surface area contributed by atoms with E-state index in [2.05, 4.69) is 54.8 Å². The second-order valence-electron chi connectivity index (χ2n) is 8.23. The van der Waals surface area contributed by atoms with Crippen molar-refractivity contribution in [2.45, 2.75) is 51.5 Å². The Morgan fingerprint density at radius 1 is 1.21 bits per heavy atom. The number of aryl methyl sites for hydroxylation is 2. The molecule has 0 saturated heterocycles. The molecule has 1 aliphatic heterocycles. The number of hydrogen-bond donors (Lipinski definition) is 2. The molecule has 1 atom stereocenters. The Balaban J connectivity index is 1.71. The van der Waals surface area contributed by atoms with Crippen LogP contribution in [0.5, 0.6) is 0 Å². The van der Waals surface area contributed by atoms with E-state index in [0.717, 1.165) is 23.4 Å². The Hall–Kier alpha value is -2.82. The monoisotopic (exact) mass is 374 g/mol. The number of hydrogen-bond acceptors (Lipinski definition) is 3. The summed E-state index contributed by atoms with van der Waals surface area (Å²) < 4.78 is 2.00. The molecule has 3 aromatic rings. The molecule has 1 fully saturated rings. The predicted octanol–water partition coefficient (Wildman–Crippen LogP) is 4.82. The largest absolute Gasteiger partial charge is 0.380 e. The van der Waals surface area contributed by atoms with Crippen LogP contribution in [0.1, 0.15) is 50.3 Å². The molecule has 1 aromatic heterocycles. The molecule has 0 bridgehead atoms. The van der Waals surface area contributed by atoms with Crippen molar-refractivity contribution in [1.29, 1.82) is 0 Å². The number of fused-ring (bicyclic) bond motifs is 2. The third-order valence-corrected chi connectivity index (χ3v) is 5.92. The highest BCUT2D eigenvalue weighted by Crippen LogP contribution is 2.44. The molecule has 0 radical (unpaired) electrons. The summed E-state index contributed by atoms with van der Waals surface area (Å²) in [5, 5.41) is 12.7. The molecule has 2 aliphatic rings. The van der Waals surface area contributed by atoms with Crippen LogP contribution in [0.15, 0.2) is 30.3 Å². The van der Waals surface area contributed by atoms with Crippen LogP contribution in [0.25, 0.3) is 22.0 Å². The zero-order valence-corrected chi connectivity index (χ0v) is 16.7. The van der Waals surface area contributed by atoms with E-state index in [9.17, 15) is 4.79 Å². The van der Waals surface area contributed by atoms with E-state index in [-0.39, 0.29) is 11.9 Å². The number of amides is 1. The topological polar surface area (TPSA) is 59.0 Å². The number of carbonyl (C=O) groups excluding carboxylic acids is 1. The fraction of sp³-hybridized carbons (Fsp3) is 0.391. The highest BCUT2D eigenvalue weighted by molar-refractivity contribution is 6.01. The van der Waals surface area contributed by atoms with Gasteiger partial charge in [-0.3, -0.25) is 9.48 Å². The first-order chi connectivity index (χ1) is 13.5.